The normalized spacial score (nSPS) is 16.7. The number of hydrogen-bond acceptors (Lipinski definition) is 7. The molecule has 194 valence electrons. The van der Waals surface area contributed by atoms with Crippen LogP contribution < -0.4 is 19.1 Å². The molecule has 1 fully saturated rings. The maximum Gasteiger partial charge on any atom is 0.302 e. The number of carbonyl (C=O) groups is 2. The predicted octanol–water partition coefficient (Wildman–Crippen LogP) is 5.26. The molecule has 0 aliphatic carbocycles. The molecule has 10 heteroatoms. The molecule has 2 heterocycles. The number of Topliss-reactive ketones (excluding diaryl/α,β-unsaturated/α-hetero) is 1. The van der Waals surface area contributed by atoms with Crippen LogP contribution >= 0.6 is 11.6 Å². The fourth-order valence-electron chi connectivity index (χ4n) is 4.51. The lowest BCUT2D eigenvalue weighted by atomic mass is 9.95. The van der Waals surface area contributed by atoms with E-state index >= 15 is 0 Å². The molecule has 4 aromatic rings. The Morgan fingerprint density at radius 3 is 2.50 bits per heavy atom. The maximum absolute atomic E-state index is 13.5. The molecule has 2 N–H and O–H groups in total. The highest BCUT2D eigenvalue weighted by Gasteiger charge is 2.48. The highest BCUT2D eigenvalue weighted by atomic mass is 35.5. The number of nitrogens with one attached hydrogen (secondary N) is 1. The average Bonchev–Trinajstić information content (AvgIpc) is 3.47. The summed E-state index contributed by atoms with van der Waals surface area (Å²) in [6, 6.07) is 15.9. The largest absolute Gasteiger partial charge is 0.507 e. The second kappa shape index (κ2) is 10.1. The van der Waals surface area contributed by atoms with E-state index in [0.717, 1.165) is 0 Å². The van der Waals surface area contributed by atoms with Crippen LogP contribution in [0.2, 0.25) is 5.02 Å². The number of hydrogen-bond donors (Lipinski definition) is 2. The molecule has 0 radical (unpaired) electrons. The molecular formula is C28H24ClN3O6. The minimum Gasteiger partial charge on any atom is -0.507 e. The number of aromatic amines is 1. The molecule has 1 aliphatic heterocycles. The first-order valence-corrected chi connectivity index (χ1v) is 12.2. The maximum atomic E-state index is 13.5. The number of ketones is 1. The third kappa shape index (κ3) is 4.20. The number of aromatic nitrogens is 2. The van der Waals surface area contributed by atoms with Gasteiger partial charge in [0, 0.05) is 5.56 Å². The number of ether oxygens (including phenoxy) is 3. The lowest BCUT2D eigenvalue weighted by Crippen LogP contribution is -2.30. The smallest absolute Gasteiger partial charge is 0.302 e. The van der Waals surface area contributed by atoms with Crippen LogP contribution in [0.4, 0.5) is 5.95 Å². The van der Waals surface area contributed by atoms with Crippen molar-refractivity contribution in [3.63, 3.8) is 0 Å². The van der Waals surface area contributed by atoms with Crippen molar-refractivity contribution in [2.24, 2.45) is 0 Å². The van der Waals surface area contributed by atoms with Gasteiger partial charge in [-0.25, -0.2) is 4.98 Å². The Hall–Kier alpha value is -4.50. The minimum atomic E-state index is -1.03. The van der Waals surface area contributed by atoms with Crippen LogP contribution in [0.3, 0.4) is 0 Å². The molecule has 1 saturated heterocycles. The summed E-state index contributed by atoms with van der Waals surface area (Å²) in [7, 11) is 2.96. The average molecular weight is 534 g/mol. The SMILES string of the molecule is CCOc1cc(C2/C(=C(\O)c3ccc(Cl)c(OC)c3)C(=O)C(=O)N2c2nc3ccccc3[nH]2)ccc1OC. The molecule has 0 saturated carbocycles. The second-order valence-corrected chi connectivity index (χ2v) is 8.85. The number of carbonyl (C=O) groups excluding carboxylic acids is 2. The third-order valence-corrected chi connectivity index (χ3v) is 6.59. The molecule has 1 aliphatic rings. The Morgan fingerprint density at radius 1 is 1.03 bits per heavy atom. The van der Waals surface area contributed by atoms with Gasteiger partial charge in [-0.2, -0.15) is 0 Å². The van der Waals surface area contributed by atoms with Gasteiger partial charge < -0.3 is 24.3 Å². The number of aliphatic hydroxyl groups is 1. The van der Waals surface area contributed by atoms with E-state index in [2.05, 4.69) is 9.97 Å². The molecular weight excluding hydrogens is 510 g/mol. The van der Waals surface area contributed by atoms with Crippen LogP contribution in [0.15, 0.2) is 66.2 Å². The first-order chi connectivity index (χ1) is 18.4. The lowest BCUT2D eigenvalue weighted by molar-refractivity contribution is -0.132. The van der Waals surface area contributed by atoms with Gasteiger partial charge in [-0.15, -0.1) is 0 Å². The quantitative estimate of drug-likeness (QED) is 0.189. The summed E-state index contributed by atoms with van der Waals surface area (Å²) in [5.74, 6) is -0.701. The van der Waals surface area contributed by atoms with Gasteiger partial charge in [0.1, 0.15) is 11.5 Å². The number of benzene rings is 3. The van der Waals surface area contributed by atoms with Crippen molar-refractivity contribution >= 4 is 46.0 Å². The fourth-order valence-corrected chi connectivity index (χ4v) is 4.71. The number of fused-ring (bicyclic) bond motifs is 1. The Bertz CT molecular complexity index is 1560. The van der Waals surface area contributed by atoms with Crippen LogP contribution in [-0.4, -0.2) is 47.6 Å². The summed E-state index contributed by atoms with van der Waals surface area (Å²) < 4.78 is 16.4. The fraction of sp³-hybridized carbons (Fsp3) is 0.179. The number of nitrogens with zero attached hydrogens (tertiary/aromatic N) is 2. The zero-order valence-electron chi connectivity index (χ0n) is 20.8. The van der Waals surface area contributed by atoms with E-state index in [1.165, 1.54) is 25.2 Å². The molecule has 1 atom stereocenters. The van der Waals surface area contributed by atoms with E-state index in [0.29, 0.717) is 45.5 Å². The van der Waals surface area contributed by atoms with Gasteiger partial charge in [-0.05, 0) is 55.0 Å². The Morgan fingerprint density at radius 2 is 1.79 bits per heavy atom. The molecule has 1 aromatic heterocycles. The number of methoxy groups -OCH3 is 2. The standard InChI is InChI=1S/C28H24ClN3O6/c1-4-38-22-13-15(10-12-20(22)36-2)24-23(25(33)16-9-11-17(29)21(14-16)37-3)26(34)27(35)32(24)28-30-18-7-5-6-8-19(18)31-28/h5-14,24,33H,4H2,1-3H3,(H,30,31)/b25-23+. The number of halogens is 1. The van der Waals surface area contributed by atoms with Crippen molar-refractivity contribution in [1.82, 2.24) is 9.97 Å². The number of anilines is 1. The summed E-state index contributed by atoms with van der Waals surface area (Å²) in [5, 5.41) is 11.8. The zero-order valence-corrected chi connectivity index (χ0v) is 21.6. The highest BCUT2D eigenvalue weighted by Crippen LogP contribution is 2.44. The van der Waals surface area contributed by atoms with Gasteiger partial charge in [0.05, 0.1) is 48.5 Å². The summed E-state index contributed by atoms with van der Waals surface area (Å²) in [4.78, 5) is 35.9. The number of para-hydroxylation sites is 2. The van der Waals surface area contributed by atoms with Gasteiger partial charge >= 0.3 is 5.91 Å². The van der Waals surface area contributed by atoms with E-state index in [1.807, 2.05) is 25.1 Å². The van der Waals surface area contributed by atoms with Gasteiger partial charge in [0.25, 0.3) is 5.78 Å². The topological polar surface area (TPSA) is 114 Å². The van der Waals surface area contributed by atoms with Gasteiger partial charge in [0.2, 0.25) is 5.95 Å². The molecule has 3 aromatic carbocycles. The lowest BCUT2D eigenvalue weighted by Gasteiger charge is -2.24. The van der Waals surface area contributed by atoms with Crippen LogP contribution in [0, 0.1) is 0 Å². The molecule has 9 nitrogen and oxygen atoms in total. The van der Waals surface area contributed by atoms with Crippen molar-refractivity contribution in [1.29, 1.82) is 0 Å². The Balaban J connectivity index is 1.75. The third-order valence-electron chi connectivity index (χ3n) is 6.28. The summed E-state index contributed by atoms with van der Waals surface area (Å²) in [6.45, 7) is 2.20. The molecule has 5 rings (SSSR count). The van der Waals surface area contributed by atoms with Crippen molar-refractivity contribution in [3.05, 3.63) is 82.4 Å². The first kappa shape index (κ1) is 25.2. The number of imidazole rings is 1. The second-order valence-electron chi connectivity index (χ2n) is 8.44. The Kier molecular flexibility index (Phi) is 6.69. The van der Waals surface area contributed by atoms with Crippen molar-refractivity contribution in [2.75, 3.05) is 25.7 Å². The first-order valence-electron chi connectivity index (χ1n) is 11.8. The summed E-state index contributed by atoms with van der Waals surface area (Å²) >= 11 is 6.16. The Labute approximate surface area is 223 Å². The predicted molar refractivity (Wildman–Crippen MR) is 143 cm³/mol. The summed E-state index contributed by atoms with van der Waals surface area (Å²) in [5.41, 5.74) is 1.96. The number of amides is 1. The van der Waals surface area contributed by atoms with E-state index in [4.69, 9.17) is 25.8 Å². The molecule has 38 heavy (non-hydrogen) atoms. The number of aliphatic hydroxyl groups excluding tert-OH is 1. The van der Waals surface area contributed by atoms with Crippen molar-refractivity contribution < 1.29 is 28.9 Å². The highest BCUT2D eigenvalue weighted by molar-refractivity contribution is 6.51. The van der Waals surface area contributed by atoms with Crippen LogP contribution in [0.1, 0.15) is 24.1 Å². The zero-order chi connectivity index (χ0) is 27.0. The van der Waals surface area contributed by atoms with E-state index in [1.54, 1.807) is 36.4 Å². The number of H-pyrrole nitrogens is 1. The van der Waals surface area contributed by atoms with E-state index < -0.39 is 17.7 Å². The van der Waals surface area contributed by atoms with Crippen LogP contribution in [0.25, 0.3) is 16.8 Å². The monoisotopic (exact) mass is 533 g/mol. The molecule has 1 unspecified atom stereocenters. The van der Waals surface area contributed by atoms with Gasteiger partial charge in [-0.1, -0.05) is 29.8 Å². The van der Waals surface area contributed by atoms with E-state index in [-0.39, 0.29) is 22.8 Å². The van der Waals surface area contributed by atoms with Crippen molar-refractivity contribution in [2.45, 2.75) is 13.0 Å². The van der Waals surface area contributed by atoms with Gasteiger partial charge in [-0.3, -0.25) is 14.5 Å². The van der Waals surface area contributed by atoms with E-state index in [9.17, 15) is 14.7 Å². The molecule has 0 spiro atoms. The van der Waals surface area contributed by atoms with Gasteiger partial charge in [0.15, 0.2) is 11.5 Å². The minimum absolute atomic E-state index is 0.118. The van der Waals surface area contributed by atoms with Crippen LogP contribution in [-0.2, 0) is 9.59 Å². The molecule has 0 bridgehead atoms. The van der Waals surface area contributed by atoms with Crippen molar-refractivity contribution in [3.8, 4) is 17.2 Å². The molecule has 1 amide bonds. The van der Waals surface area contributed by atoms with Crippen LogP contribution in [0.5, 0.6) is 17.2 Å². The summed E-state index contributed by atoms with van der Waals surface area (Å²) in [6.07, 6.45) is 0. The number of rotatable bonds is 7.